The van der Waals surface area contributed by atoms with Gasteiger partial charge in [0.25, 0.3) is 5.91 Å². The van der Waals surface area contributed by atoms with Crippen molar-refractivity contribution in [3.8, 4) is 0 Å². The number of fused-ring (bicyclic) bond motifs is 1. The fourth-order valence-electron chi connectivity index (χ4n) is 3.41. The molecule has 0 spiro atoms. The largest absolute Gasteiger partial charge is 0.338 e. The number of likely N-dealkylation sites (tertiary alicyclic amines) is 1. The van der Waals surface area contributed by atoms with Gasteiger partial charge in [0.1, 0.15) is 0 Å². The number of carbonyl (C=O) groups is 1. The molecule has 24 heavy (non-hydrogen) atoms. The summed E-state index contributed by atoms with van der Waals surface area (Å²) in [5, 5.41) is 1.17. The van der Waals surface area contributed by atoms with E-state index in [1.54, 1.807) is 11.3 Å². The SMILES string of the molecule is Cc1ccccc1C(=O)N1CCC[C@@H](c2nc3ccccc3s2)C1. The van der Waals surface area contributed by atoms with Crippen LogP contribution in [0.15, 0.2) is 48.5 Å². The maximum absolute atomic E-state index is 12.9. The standard InChI is InChI=1S/C20H20N2OS/c1-14-7-2-3-9-16(14)20(23)22-12-6-8-15(13-22)19-21-17-10-4-5-11-18(17)24-19/h2-5,7,9-11,15H,6,8,12-13H2,1H3/t15-/m1/s1. The minimum absolute atomic E-state index is 0.152. The molecule has 1 atom stereocenters. The zero-order valence-corrected chi connectivity index (χ0v) is 14.6. The van der Waals surface area contributed by atoms with E-state index in [9.17, 15) is 4.79 Å². The van der Waals surface area contributed by atoms with Crippen molar-refractivity contribution in [2.24, 2.45) is 0 Å². The molecule has 4 rings (SSSR count). The molecule has 1 saturated heterocycles. The molecule has 0 saturated carbocycles. The molecule has 0 N–H and O–H groups in total. The highest BCUT2D eigenvalue weighted by Crippen LogP contribution is 2.33. The number of piperidine rings is 1. The van der Waals surface area contributed by atoms with Crippen LogP contribution in [-0.2, 0) is 0 Å². The Balaban J connectivity index is 1.57. The first-order chi connectivity index (χ1) is 11.7. The highest BCUT2D eigenvalue weighted by atomic mass is 32.1. The summed E-state index contributed by atoms with van der Waals surface area (Å²) in [5.74, 6) is 0.503. The number of amides is 1. The Bertz CT molecular complexity index is 853. The Kier molecular flexibility index (Phi) is 4.07. The monoisotopic (exact) mass is 336 g/mol. The van der Waals surface area contributed by atoms with Crippen molar-refractivity contribution >= 4 is 27.5 Å². The number of rotatable bonds is 2. The molecule has 2 heterocycles. The average Bonchev–Trinajstić information content (AvgIpc) is 3.06. The molecule has 2 aromatic carbocycles. The van der Waals surface area contributed by atoms with Gasteiger partial charge in [0.05, 0.1) is 15.2 Å². The van der Waals surface area contributed by atoms with Gasteiger partial charge < -0.3 is 4.90 Å². The van der Waals surface area contributed by atoms with E-state index in [2.05, 4.69) is 18.2 Å². The first-order valence-electron chi connectivity index (χ1n) is 8.43. The summed E-state index contributed by atoms with van der Waals surface area (Å²) in [7, 11) is 0. The van der Waals surface area contributed by atoms with Crippen molar-refractivity contribution in [1.82, 2.24) is 9.88 Å². The third kappa shape index (κ3) is 2.82. The molecule has 0 bridgehead atoms. The maximum Gasteiger partial charge on any atom is 0.254 e. The molecule has 1 amide bonds. The summed E-state index contributed by atoms with van der Waals surface area (Å²) in [6.45, 7) is 3.61. The smallest absolute Gasteiger partial charge is 0.254 e. The third-order valence-corrected chi connectivity index (χ3v) is 5.94. The summed E-state index contributed by atoms with van der Waals surface area (Å²) >= 11 is 1.77. The molecule has 3 nitrogen and oxygen atoms in total. The maximum atomic E-state index is 12.9. The van der Waals surface area contributed by atoms with Crippen LogP contribution < -0.4 is 0 Å². The first-order valence-corrected chi connectivity index (χ1v) is 9.24. The number of thiazole rings is 1. The summed E-state index contributed by atoms with van der Waals surface area (Å²) in [5.41, 5.74) is 2.94. The number of aryl methyl sites for hydroxylation is 1. The van der Waals surface area contributed by atoms with Crippen molar-refractivity contribution < 1.29 is 4.79 Å². The minimum Gasteiger partial charge on any atom is -0.338 e. The molecule has 0 aliphatic carbocycles. The summed E-state index contributed by atoms with van der Waals surface area (Å²) < 4.78 is 1.23. The minimum atomic E-state index is 0.152. The van der Waals surface area contributed by atoms with E-state index in [1.165, 1.54) is 9.71 Å². The molecule has 1 aliphatic rings. The number of carbonyl (C=O) groups excluding carboxylic acids is 1. The molecule has 0 unspecified atom stereocenters. The molecular formula is C20H20N2OS. The molecule has 3 aromatic rings. The predicted molar refractivity (Wildman–Crippen MR) is 98.7 cm³/mol. The van der Waals surface area contributed by atoms with Crippen LogP contribution in [-0.4, -0.2) is 28.9 Å². The average molecular weight is 336 g/mol. The lowest BCUT2D eigenvalue weighted by Crippen LogP contribution is -2.39. The van der Waals surface area contributed by atoms with Gasteiger partial charge in [-0.05, 0) is 43.5 Å². The van der Waals surface area contributed by atoms with Crippen LogP contribution in [0, 0.1) is 6.92 Å². The summed E-state index contributed by atoms with van der Waals surface area (Å²) in [4.78, 5) is 19.7. The van der Waals surface area contributed by atoms with Crippen LogP contribution in [0.25, 0.3) is 10.2 Å². The van der Waals surface area contributed by atoms with Crippen LogP contribution in [0.4, 0.5) is 0 Å². The van der Waals surface area contributed by atoms with Crippen molar-refractivity contribution in [2.45, 2.75) is 25.7 Å². The fourth-order valence-corrected chi connectivity index (χ4v) is 4.50. The lowest BCUT2D eigenvalue weighted by molar-refractivity contribution is 0.0706. The quantitative estimate of drug-likeness (QED) is 0.684. The Hall–Kier alpha value is -2.20. The van der Waals surface area contributed by atoms with E-state index >= 15 is 0 Å². The second-order valence-corrected chi connectivity index (χ2v) is 7.49. The lowest BCUT2D eigenvalue weighted by atomic mass is 9.97. The fraction of sp³-hybridized carbons (Fsp3) is 0.300. The zero-order chi connectivity index (χ0) is 16.5. The molecule has 1 fully saturated rings. The van der Waals surface area contributed by atoms with E-state index in [0.29, 0.717) is 5.92 Å². The Labute approximate surface area is 146 Å². The highest BCUT2D eigenvalue weighted by molar-refractivity contribution is 7.18. The van der Waals surface area contributed by atoms with E-state index in [4.69, 9.17) is 4.98 Å². The predicted octanol–water partition coefficient (Wildman–Crippen LogP) is 4.62. The van der Waals surface area contributed by atoms with Crippen molar-refractivity contribution in [3.63, 3.8) is 0 Å². The van der Waals surface area contributed by atoms with Crippen molar-refractivity contribution in [3.05, 3.63) is 64.7 Å². The van der Waals surface area contributed by atoms with E-state index < -0.39 is 0 Å². The van der Waals surface area contributed by atoms with Crippen LogP contribution in [0.1, 0.15) is 39.7 Å². The van der Waals surface area contributed by atoms with Gasteiger partial charge in [0.15, 0.2) is 0 Å². The summed E-state index contributed by atoms with van der Waals surface area (Å²) in [6.07, 6.45) is 2.15. The Morgan fingerprint density at radius 2 is 1.96 bits per heavy atom. The molecule has 1 aromatic heterocycles. The summed E-state index contributed by atoms with van der Waals surface area (Å²) in [6, 6.07) is 16.1. The van der Waals surface area contributed by atoms with E-state index in [1.807, 2.05) is 42.2 Å². The third-order valence-electron chi connectivity index (χ3n) is 4.74. The van der Waals surface area contributed by atoms with Gasteiger partial charge in [-0.2, -0.15) is 0 Å². The molecular weight excluding hydrogens is 316 g/mol. The van der Waals surface area contributed by atoms with Crippen molar-refractivity contribution in [1.29, 1.82) is 0 Å². The Morgan fingerprint density at radius 3 is 2.79 bits per heavy atom. The van der Waals surface area contributed by atoms with Gasteiger partial charge >= 0.3 is 0 Å². The van der Waals surface area contributed by atoms with Crippen molar-refractivity contribution in [2.75, 3.05) is 13.1 Å². The van der Waals surface area contributed by atoms with Gasteiger partial charge in [-0.15, -0.1) is 11.3 Å². The number of nitrogens with zero attached hydrogens (tertiary/aromatic N) is 2. The number of aromatic nitrogens is 1. The van der Waals surface area contributed by atoms with Crippen LogP contribution in [0.5, 0.6) is 0 Å². The van der Waals surface area contributed by atoms with E-state index in [0.717, 1.165) is 42.6 Å². The molecule has 1 aliphatic heterocycles. The lowest BCUT2D eigenvalue weighted by Gasteiger charge is -2.32. The number of hydrogen-bond donors (Lipinski definition) is 0. The Morgan fingerprint density at radius 1 is 1.17 bits per heavy atom. The van der Waals surface area contributed by atoms with Gasteiger partial charge in [0, 0.05) is 24.6 Å². The van der Waals surface area contributed by atoms with Gasteiger partial charge in [-0.1, -0.05) is 30.3 Å². The van der Waals surface area contributed by atoms with Gasteiger partial charge in [-0.3, -0.25) is 4.79 Å². The highest BCUT2D eigenvalue weighted by Gasteiger charge is 2.27. The molecule has 0 radical (unpaired) electrons. The molecule has 122 valence electrons. The number of para-hydroxylation sites is 1. The second-order valence-electron chi connectivity index (χ2n) is 6.43. The molecule has 4 heteroatoms. The normalized spacial score (nSPS) is 18.0. The van der Waals surface area contributed by atoms with Gasteiger partial charge in [-0.25, -0.2) is 4.98 Å². The van der Waals surface area contributed by atoms with E-state index in [-0.39, 0.29) is 5.91 Å². The topological polar surface area (TPSA) is 33.2 Å². The van der Waals surface area contributed by atoms with Crippen LogP contribution in [0.2, 0.25) is 0 Å². The number of benzene rings is 2. The zero-order valence-electron chi connectivity index (χ0n) is 13.7. The number of hydrogen-bond acceptors (Lipinski definition) is 3. The van der Waals surface area contributed by atoms with Crippen LogP contribution in [0.3, 0.4) is 0 Å². The first kappa shape index (κ1) is 15.3. The second kappa shape index (κ2) is 6.36. The van der Waals surface area contributed by atoms with Crippen LogP contribution >= 0.6 is 11.3 Å². The van der Waals surface area contributed by atoms with Gasteiger partial charge in [0.2, 0.25) is 0 Å².